The van der Waals surface area contributed by atoms with E-state index in [1.165, 1.54) is 41.5 Å². The van der Waals surface area contributed by atoms with E-state index in [1.54, 1.807) is 0 Å². The van der Waals surface area contributed by atoms with E-state index in [0.717, 1.165) is 16.4 Å². The van der Waals surface area contributed by atoms with Crippen LogP contribution in [0.25, 0.3) is 11.4 Å². The number of nitrogens with one attached hydrogen (secondary N) is 1. The summed E-state index contributed by atoms with van der Waals surface area (Å²) < 4.78 is 1.91. The number of carbonyl (C=O) groups is 1. The molecule has 0 saturated heterocycles. The maximum Gasteiger partial charge on any atom is 0.236 e. The first-order valence-electron chi connectivity index (χ1n) is 8.32. The molecular formula is C17H18N6OS2. The molecule has 7 nitrogen and oxygen atoms in total. The number of hydrogen-bond acceptors (Lipinski definition) is 7. The van der Waals surface area contributed by atoms with E-state index in [-0.39, 0.29) is 11.7 Å². The third kappa shape index (κ3) is 3.78. The number of thioether (sulfide) groups is 1. The minimum atomic E-state index is -0.117. The topological polar surface area (TPSA) is 85.6 Å². The van der Waals surface area contributed by atoms with Gasteiger partial charge in [-0.25, -0.2) is 0 Å². The van der Waals surface area contributed by atoms with Crippen LogP contribution >= 0.6 is 23.1 Å². The molecule has 0 unspecified atom stereocenters. The van der Waals surface area contributed by atoms with Gasteiger partial charge in [0, 0.05) is 18.5 Å². The standard InChI is InChI=1S/C17H18N6OS2/c1-10-4-3-5-12(8-10)14-19-22-17(23(14)2)25-9-13(24)18-16-21-20-15(26-16)11-6-7-11/h3-5,8,11H,6-7,9H2,1-2H3,(H,18,21,24). The van der Waals surface area contributed by atoms with Gasteiger partial charge in [0.2, 0.25) is 11.0 Å². The van der Waals surface area contributed by atoms with Crippen LogP contribution in [0.4, 0.5) is 5.13 Å². The molecule has 1 saturated carbocycles. The van der Waals surface area contributed by atoms with Crippen LogP contribution in [-0.2, 0) is 11.8 Å². The SMILES string of the molecule is Cc1cccc(-c2nnc(SCC(=O)Nc3nnc(C4CC4)s3)n2C)c1. The highest BCUT2D eigenvalue weighted by Gasteiger charge is 2.27. The summed E-state index contributed by atoms with van der Waals surface area (Å²) in [4.78, 5) is 12.2. The maximum absolute atomic E-state index is 12.2. The monoisotopic (exact) mass is 386 g/mol. The zero-order valence-electron chi connectivity index (χ0n) is 14.5. The van der Waals surface area contributed by atoms with Crippen molar-refractivity contribution in [2.45, 2.75) is 30.8 Å². The molecule has 134 valence electrons. The van der Waals surface area contributed by atoms with E-state index < -0.39 is 0 Å². The number of amides is 1. The lowest BCUT2D eigenvalue weighted by Crippen LogP contribution is -2.14. The summed E-state index contributed by atoms with van der Waals surface area (Å²) in [6.45, 7) is 2.04. The Labute approximate surface area is 159 Å². The van der Waals surface area contributed by atoms with Crippen molar-refractivity contribution < 1.29 is 4.79 Å². The molecule has 1 aliphatic carbocycles. The maximum atomic E-state index is 12.2. The largest absolute Gasteiger partial charge is 0.305 e. The van der Waals surface area contributed by atoms with Crippen LogP contribution in [0, 0.1) is 6.92 Å². The summed E-state index contributed by atoms with van der Waals surface area (Å²) in [6, 6.07) is 8.11. The fraction of sp³-hybridized carbons (Fsp3) is 0.353. The Kier molecular flexibility index (Phi) is 4.73. The molecule has 9 heteroatoms. The van der Waals surface area contributed by atoms with Gasteiger partial charge in [0.05, 0.1) is 5.75 Å². The minimum absolute atomic E-state index is 0.117. The third-order valence-corrected chi connectivity index (χ3v) is 6.08. The van der Waals surface area contributed by atoms with Crippen LogP contribution in [0.5, 0.6) is 0 Å². The second-order valence-corrected chi connectivity index (χ2v) is 8.24. The van der Waals surface area contributed by atoms with Gasteiger partial charge >= 0.3 is 0 Å². The molecule has 0 bridgehead atoms. The molecule has 0 atom stereocenters. The van der Waals surface area contributed by atoms with Crippen molar-refractivity contribution in [3.63, 3.8) is 0 Å². The number of carbonyl (C=O) groups excluding carboxylic acids is 1. The summed E-state index contributed by atoms with van der Waals surface area (Å²) in [5, 5.41) is 21.7. The number of hydrogen-bond donors (Lipinski definition) is 1. The van der Waals surface area contributed by atoms with Crippen molar-refractivity contribution in [3.8, 4) is 11.4 Å². The zero-order chi connectivity index (χ0) is 18.1. The highest BCUT2D eigenvalue weighted by molar-refractivity contribution is 7.99. The molecule has 0 radical (unpaired) electrons. The van der Waals surface area contributed by atoms with Crippen molar-refractivity contribution >= 4 is 34.1 Å². The van der Waals surface area contributed by atoms with Gasteiger partial charge in [-0.15, -0.1) is 20.4 Å². The van der Waals surface area contributed by atoms with Crippen molar-refractivity contribution in [2.24, 2.45) is 7.05 Å². The molecule has 26 heavy (non-hydrogen) atoms. The fourth-order valence-electron chi connectivity index (χ4n) is 2.54. The van der Waals surface area contributed by atoms with Gasteiger partial charge in [-0.1, -0.05) is 46.9 Å². The Morgan fingerprint density at radius 2 is 2.15 bits per heavy atom. The van der Waals surface area contributed by atoms with Crippen molar-refractivity contribution in [2.75, 3.05) is 11.1 Å². The predicted molar refractivity (Wildman–Crippen MR) is 102 cm³/mol. The number of rotatable bonds is 6. The Bertz CT molecular complexity index is 946. The lowest BCUT2D eigenvalue weighted by molar-refractivity contribution is -0.113. The molecular weight excluding hydrogens is 368 g/mol. The van der Waals surface area contributed by atoms with Gasteiger partial charge in [-0.05, 0) is 25.8 Å². The van der Waals surface area contributed by atoms with Gasteiger partial charge in [0.15, 0.2) is 11.0 Å². The van der Waals surface area contributed by atoms with E-state index in [4.69, 9.17) is 0 Å². The van der Waals surface area contributed by atoms with Crippen LogP contribution in [0.15, 0.2) is 29.4 Å². The Hall–Kier alpha value is -2.26. The van der Waals surface area contributed by atoms with E-state index in [9.17, 15) is 4.79 Å². The normalized spacial score (nSPS) is 13.8. The summed E-state index contributed by atoms with van der Waals surface area (Å²) in [6.07, 6.45) is 2.35. The average molecular weight is 387 g/mol. The van der Waals surface area contributed by atoms with Gasteiger partial charge in [0.25, 0.3) is 0 Å². The highest BCUT2D eigenvalue weighted by Crippen LogP contribution is 2.42. The molecule has 2 heterocycles. The van der Waals surface area contributed by atoms with Crippen LogP contribution in [0.1, 0.15) is 29.3 Å². The lowest BCUT2D eigenvalue weighted by atomic mass is 10.1. The Morgan fingerprint density at radius 3 is 2.92 bits per heavy atom. The van der Waals surface area contributed by atoms with Crippen LogP contribution in [0.3, 0.4) is 0 Å². The molecule has 1 aliphatic rings. The third-order valence-electron chi connectivity index (χ3n) is 4.06. The quantitative estimate of drug-likeness (QED) is 0.655. The van der Waals surface area contributed by atoms with Gasteiger partial charge in [0.1, 0.15) is 5.01 Å². The lowest BCUT2D eigenvalue weighted by Gasteiger charge is -2.04. The number of aryl methyl sites for hydroxylation is 1. The molecule has 0 aliphatic heterocycles. The van der Waals surface area contributed by atoms with E-state index >= 15 is 0 Å². The van der Waals surface area contributed by atoms with Crippen LogP contribution < -0.4 is 5.32 Å². The van der Waals surface area contributed by atoms with Crippen molar-refractivity contribution in [1.29, 1.82) is 0 Å². The highest BCUT2D eigenvalue weighted by atomic mass is 32.2. The first kappa shape index (κ1) is 17.2. The van der Waals surface area contributed by atoms with E-state index in [0.29, 0.717) is 16.2 Å². The van der Waals surface area contributed by atoms with Crippen molar-refractivity contribution in [1.82, 2.24) is 25.0 Å². The van der Waals surface area contributed by atoms with Gasteiger partial charge in [-0.2, -0.15) is 0 Å². The van der Waals surface area contributed by atoms with Gasteiger partial charge < -0.3 is 4.57 Å². The van der Waals surface area contributed by atoms with E-state index in [1.807, 2.05) is 36.7 Å². The number of anilines is 1. The molecule has 1 aromatic carbocycles. The number of nitrogens with zero attached hydrogens (tertiary/aromatic N) is 5. The first-order valence-corrected chi connectivity index (χ1v) is 10.1. The van der Waals surface area contributed by atoms with Crippen LogP contribution in [0.2, 0.25) is 0 Å². The smallest absolute Gasteiger partial charge is 0.236 e. The zero-order valence-corrected chi connectivity index (χ0v) is 16.1. The summed E-state index contributed by atoms with van der Waals surface area (Å²) in [7, 11) is 1.91. The average Bonchev–Trinajstić information content (AvgIpc) is 3.26. The molecule has 1 amide bonds. The Morgan fingerprint density at radius 1 is 1.31 bits per heavy atom. The number of benzene rings is 1. The summed E-state index contributed by atoms with van der Waals surface area (Å²) in [5.74, 6) is 1.47. The predicted octanol–water partition coefficient (Wildman–Crippen LogP) is 3.25. The molecule has 1 N–H and O–H groups in total. The second-order valence-electron chi connectivity index (χ2n) is 6.29. The molecule has 0 spiro atoms. The van der Waals surface area contributed by atoms with E-state index in [2.05, 4.69) is 31.8 Å². The fourth-order valence-corrected chi connectivity index (χ4v) is 4.18. The second kappa shape index (κ2) is 7.16. The van der Waals surface area contributed by atoms with Gasteiger partial charge in [-0.3, -0.25) is 10.1 Å². The first-order chi connectivity index (χ1) is 12.6. The van der Waals surface area contributed by atoms with Crippen LogP contribution in [-0.4, -0.2) is 36.6 Å². The minimum Gasteiger partial charge on any atom is -0.305 e. The summed E-state index contributed by atoms with van der Waals surface area (Å²) >= 11 is 2.82. The molecule has 4 rings (SSSR count). The summed E-state index contributed by atoms with van der Waals surface area (Å²) in [5.41, 5.74) is 2.18. The number of aromatic nitrogens is 5. The Balaban J connectivity index is 1.37. The van der Waals surface area contributed by atoms with Crippen molar-refractivity contribution in [3.05, 3.63) is 34.8 Å². The molecule has 2 aromatic heterocycles. The molecule has 1 fully saturated rings. The molecule has 3 aromatic rings.